The van der Waals surface area contributed by atoms with Crippen LogP contribution in [0, 0.1) is 18.3 Å². The van der Waals surface area contributed by atoms with Crippen LogP contribution in [0.3, 0.4) is 0 Å². The van der Waals surface area contributed by atoms with E-state index in [0.717, 1.165) is 12.8 Å². The quantitative estimate of drug-likeness (QED) is 0.585. The molecule has 1 saturated heterocycles. The molecule has 2 amide bonds. The molecule has 18 heavy (non-hydrogen) atoms. The molecule has 1 fully saturated rings. The van der Waals surface area contributed by atoms with Crippen LogP contribution in [0.15, 0.2) is 0 Å². The maximum atomic E-state index is 11.9. The van der Waals surface area contributed by atoms with Crippen molar-refractivity contribution in [3.05, 3.63) is 0 Å². The van der Waals surface area contributed by atoms with Crippen LogP contribution in [-0.2, 0) is 4.79 Å². The molecule has 2 atom stereocenters. The number of urea groups is 1. The third kappa shape index (κ3) is 3.66. The Hall–Kier alpha value is -1.70. The van der Waals surface area contributed by atoms with Gasteiger partial charge in [-0.15, -0.1) is 12.3 Å². The maximum Gasteiger partial charge on any atom is 0.326 e. The Labute approximate surface area is 108 Å². The number of likely N-dealkylation sites (tertiary alicyclic amines) is 1. The minimum Gasteiger partial charge on any atom is -0.480 e. The fourth-order valence-corrected chi connectivity index (χ4v) is 2.23. The second-order valence-electron chi connectivity index (χ2n) is 4.53. The average Bonchev–Trinajstić information content (AvgIpc) is 2.38. The number of piperidine rings is 1. The molecular weight excluding hydrogens is 232 g/mol. The predicted octanol–water partition coefficient (Wildman–Crippen LogP) is 1.29. The van der Waals surface area contributed by atoms with E-state index in [1.165, 1.54) is 4.90 Å². The molecule has 1 aliphatic heterocycles. The first-order chi connectivity index (χ1) is 8.60. The Bertz CT molecular complexity index is 349. The lowest BCUT2D eigenvalue weighted by molar-refractivity contribution is -0.144. The van der Waals surface area contributed by atoms with Crippen LogP contribution in [0.25, 0.3) is 0 Å². The molecule has 0 aromatic rings. The van der Waals surface area contributed by atoms with Crippen LogP contribution in [0.1, 0.15) is 32.6 Å². The molecule has 0 spiro atoms. The molecule has 0 bridgehead atoms. The second kappa shape index (κ2) is 6.90. The van der Waals surface area contributed by atoms with Gasteiger partial charge in [0.15, 0.2) is 0 Å². The minimum absolute atomic E-state index is 0.327. The number of nitrogens with zero attached hydrogens (tertiary/aromatic N) is 1. The standard InChI is InChI=1S/C13H20N2O3/c1-3-5-7-14-13(18)15-8-6-10(4-2)9-11(15)12(16)17/h1,10-11H,4-9H2,2H3,(H,14,18)(H,16,17). The van der Waals surface area contributed by atoms with E-state index in [-0.39, 0.29) is 6.03 Å². The van der Waals surface area contributed by atoms with E-state index >= 15 is 0 Å². The van der Waals surface area contributed by atoms with Gasteiger partial charge >= 0.3 is 12.0 Å². The zero-order valence-corrected chi connectivity index (χ0v) is 10.7. The maximum absolute atomic E-state index is 11.9. The molecule has 100 valence electrons. The van der Waals surface area contributed by atoms with Gasteiger partial charge in [-0.05, 0) is 18.8 Å². The number of carbonyl (C=O) groups excluding carboxylic acids is 1. The molecule has 0 aromatic carbocycles. The first-order valence-corrected chi connectivity index (χ1v) is 6.30. The first kappa shape index (κ1) is 14.4. The number of carbonyl (C=O) groups is 2. The number of terminal acetylenes is 1. The largest absolute Gasteiger partial charge is 0.480 e. The molecule has 0 saturated carbocycles. The molecule has 0 radical (unpaired) electrons. The summed E-state index contributed by atoms with van der Waals surface area (Å²) in [6, 6.07) is -1.04. The number of rotatable bonds is 4. The smallest absolute Gasteiger partial charge is 0.326 e. The van der Waals surface area contributed by atoms with Gasteiger partial charge in [0, 0.05) is 19.5 Å². The van der Waals surface area contributed by atoms with E-state index < -0.39 is 12.0 Å². The molecule has 1 heterocycles. The zero-order chi connectivity index (χ0) is 13.5. The van der Waals surface area contributed by atoms with E-state index in [0.29, 0.717) is 31.8 Å². The molecule has 5 heteroatoms. The van der Waals surface area contributed by atoms with Gasteiger partial charge in [-0.2, -0.15) is 0 Å². The van der Waals surface area contributed by atoms with E-state index in [9.17, 15) is 14.7 Å². The van der Waals surface area contributed by atoms with Crippen LogP contribution in [0.2, 0.25) is 0 Å². The van der Waals surface area contributed by atoms with Crippen molar-refractivity contribution in [2.75, 3.05) is 13.1 Å². The number of carboxylic acid groups (broad SMARTS) is 1. The molecule has 2 N–H and O–H groups in total. The van der Waals surface area contributed by atoms with Crippen LogP contribution in [0.5, 0.6) is 0 Å². The van der Waals surface area contributed by atoms with Gasteiger partial charge in [0.25, 0.3) is 0 Å². The van der Waals surface area contributed by atoms with Gasteiger partial charge in [-0.25, -0.2) is 9.59 Å². The Morgan fingerprint density at radius 3 is 2.83 bits per heavy atom. The zero-order valence-electron chi connectivity index (χ0n) is 10.7. The van der Waals surface area contributed by atoms with Crippen molar-refractivity contribution in [2.24, 2.45) is 5.92 Å². The van der Waals surface area contributed by atoms with Crippen molar-refractivity contribution < 1.29 is 14.7 Å². The minimum atomic E-state index is -0.930. The molecule has 1 rings (SSSR count). The Morgan fingerprint density at radius 2 is 2.28 bits per heavy atom. The van der Waals surface area contributed by atoms with E-state index in [1.807, 2.05) is 6.92 Å². The summed E-state index contributed by atoms with van der Waals surface area (Å²) in [5.74, 6) is 1.89. The lowest BCUT2D eigenvalue weighted by Gasteiger charge is -2.36. The third-order valence-corrected chi connectivity index (χ3v) is 3.38. The SMILES string of the molecule is C#CCCNC(=O)N1CCC(CC)CC1C(=O)O. The topological polar surface area (TPSA) is 69.6 Å². The fraction of sp³-hybridized carbons (Fsp3) is 0.692. The summed E-state index contributed by atoms with van der Waals surface area (Å²) in [5.41, 5.74) is 0. The van der Waals surface area contributed by atoms with Gasteiger partial charge < -0.3 is 15.3 Å². The molecule has 1 aliphatic rings. The summed E-state index contributed by atoms with van der Waals surface area (Å²) in [4.78, 5) is 24.5. The van der Waals surface area contributed by atoms with Crippen LogP contribution in [0.4, 0.5) is 4.79 Å². The number of aliphatic carboxylic acids is 1. The Kier molecular flexibility index (Phi) is 5.50. The molecule has 0 aromatic heterocycles. The summed E-state index contributed by atoms with van der Waals surface area (Å²) >= 11 is 0. The summed E-state index contributed by atoms with van der Waals surface area (Å²) in [6.45, 7) is 2.93. The number of amides is 2. The summed E-state index contributed by atoms with van der Waals surface area (Å²) in [5, 5.41) is 11.8. The molecule has 0 aliphatic carbocycles. The fourth-order valence-electron chi connectivity index (χ4n) is 2.23. The predicted molar refractivity (Wildman–Crippen MR) is 68.0 cm³/mol. The van der Waals surface area contributed by atoms with Gasteiger partial charge in [-0.1, -0.05) is 13.3 Å². The molecular formula is C13H20N2O3. The lowest BCUT2D eigenvalue weighted by atomic mass is 9.89. The monoisotopic (exact) mass is 252 g/mol. The van der Waals surface area contributed by atoms with Crippen LogP contribution in [-0.4, -0.2) is 41.1 Å². The number of hydrogen-bond acceptors (Lipinski definition) is 2. The van der Waals surface area contributed by atoms with Gasteiger partial charge in [0.05, 0.1) is 0 Å². The third-order valence-electron chi connectivity index (χ3n) is 3.38. The molecule has 2 unspecified atom stereocenters. The van der Waals surface area contributed by atoms with Gasteiger partial charge in [0.2, 0.25) is 0 Å². The van der Waals surface area contributed by atoms with Crippen LogP contribution < -0.4 is 5.32 Å². The van der Waals surface area contributed by atoms with E-state index in [2.05, 4.69) is 11.2 Å². The first-order valence-electron chi connectivity index (χ1n) is 6.30. The van der Waals surface area contributed by atoms with Gasteiger partial charge in [-0.3, -0.25) is 0 Å². The number of hydrogen-bond donors (Lipinski definition) is 2. The average molecular weight is 252 g/mol. The lowest BCUT2D eigenvalue weighted by Crippen LogP contribution is -2.53. The van der Waals surface area contributed by atoms with Crippen molar-refractivity contribution in [2.45, 2.75) is 38.6 Å². The van der Waals surface area contributed by atoms with E-state index in [1.54, 1.807) is 0 Å². The van der Waals surface area contributed by atoms with E-state index in [4.69, 9.17) is 6.42 Å². The highest BCUT2D eigenvalue weighted by molar-refractivity contribution is 5.82. The Morgan fingerprint density at radius 1 is 1.56 bits per heavy atom. The Balaban J connectivity index is 2.59. The van der Waals surface area contributed by atoms with Crippen molar-refractivity contribution >= 4 is 12.0 Å². The molecule has 5 nitrogen and oxygen atoms in total. The van der Waals surface area contributed by atoms with Crippen molar-refractivity contribution in [3.63, 3.8) is 0 Å². The van der Waals surface area contributed by atoms with Gasteiger partial charge in [0.1, 0.15) is 6.04 Å². The summed E-state index contributed by atoms with van der Waals surface area (Å²) in [7, 11) is 0. The number of nitrogens with one attached hydrogen (secondary N) is 1. The summed E-state index contributed by atoms with van der Waals surface area (Å²) in [6.07, 6.45) is 7.90. The van der Waals surface area contributed by atoms with Crippen molar-refractivity contribution in [1.29, 1.82) is 0 Å². The highest BCUT2D eigenvalue weighted by atomic mass is 16.4. The normalized spacial score (nSPS) is 23.2. The number of carboxylic acids is 1. The highest BCUT2D eigenvalue weighted by Crippen LogP contribution is 2.25. The second-order valence-corrected chi connectivity index (χ2v) is 4.53. The van der Waals surface area contributed by atoms with Crippen molar-refractivity contribution in [3.8, 4) is 12.3 Å². The van der Waals surface area contributed by atoms with Crippen LogP contribution >= 0.6 is 0 Å². The highest BCUT2D eigenvalue weighted by Gasteiger charge is 2.35. The van der Waals surface area contributed by atoms with Crippen molar-refractivity contribution in [1.82, 2.24) is 10.2 Å². The summed E-state index contributed by atoms with van der Waals surface area (Å²) < 4.78 is 0.